The summed E-state index contributed by atoms with van der Waals surface area (Å²) in [6.07, 6.45) is 1.07. The van der Waals surface area contributed by atoms with Gasteiger partial charge in [-0.3, -0.25) is 0 Å². The monoisotopic (exact) mass is 356 g/mol. The maximum absolute atomic E-state index is 12.7. The van der Waals surface area contributed by atoms with Gasteiger partial charge in [-0.25, -0.2) is 16.8 Å². The lowest BCUT2D eigenvalue weighted by atomic mass is 10.5. The number of thiophene rings is 1. The zero-order valence-electron chi connectivity index (χ0n) is 10.9. The van der Waals surface area contributed by atoms with Crippen molar-refractivity contribution in [3.63, 3.8) is 0 Å². The minimum Gasteiger partial charge on any atom is -0.326 e. The molecule has 2 N–H and O–H groups in total. The van der Waals surface area contributed by atoms with Gasteiger partial charge >= 0.3 is 0 Å². The van der Waals surface area contributed by atoms with E-state index < -0.39 is 25.2 Å². The molecule has 0 saturated carbocycles. The van der Waals surface area contributed by atoms with Gasteiger partial charge in [0.2, 0.25) is 10.0 Å². The van der Waals surface area contributed by atoms with Crippen molar-refractivity contribution in [1.82, 2.24) is 4.31 Å². The fraction of sp³-hybridized carbons (Fsp3) is 0.600. The smallest absolute Gasteiger partial charge is 0.245 e. The molecule has 1 aromatic rings. The molecule has 20 heavy (non-hydrogen) atoms. The summed E-state index contributed by atoms with van der Waals surface area (Å²) in [6.45, 7) is 0.322. The van der Waals surface area contributed by atoms with E-state index >= 15 is 0 Å². The van der Waals surface area contributed by atoms with Crippen molar-refractivity contribution in [2.75, 3.05) is 24.3 Å². The maximum atomic E-state index is 12.7. The van der Waals surface area contributed by atoms with Crippen LogP contribution in [0.15, 0.2) is 16.3 Å². The molecule has 2 rings (SSSR count). The van der Waals surface area contributed by atoms with Crippen molar-refractivity contribution >= 4 is 43.0 Å². The van der Waals surface area contributed by atoms with Gasteiger partial charge in [-0.05, 0) is 11.4 Å². The molecule has 2 heterocycles. The van der Waals surface area contributed by atoms with E-state index in [1.807, 2.05) is 0 Å². The van der Waals surface area contributed by atoms with E-state index in [-0.39, 0.29) is 23.7 Å². The fourth-order valence-corrected chi connectivity index (χ4v) is 8.49. The van der Waals surface area contributed by atoms with Gasteiger partial charge in [-0.15, -0.1) is 11.3 Å². The van der Waals surface area contributed by atoms with Crippen LogP contribution in [0.4, 0.5) is 0 Å². The summed E-state index contributed by atoms with van der Waals surface area (Å²) in [7, 11) is -7.29. The van der Waals surface area contributed by atoms with E-state index in [0.29, 0.717) is 10.6 Å². The summed E-state index contributed by atoms with van der Waals surface area (Å²) < 4.78 is 50.1. The summed E-state index contributed by atoms with van der Waals surface area (Å²) >= 11 is 2.71. The lowest BCUT2D eigenvalue weighted by Gasteiger charge is -2.32. The molecule has 114 valence electrons. The largest absolute Gasteiger partial charge is 0.326 e. The Balaban J connectivity index is 2.47. The minimum atomic E-state index is -3.82. The van der Waals surface area contributed by atoms with E-state index in [4.69, 9.17) is 5.73 Å². The van der Waals surface area contributed by atoms with Gasteiger partial charge in [0.25, 0.3) is 0 Å². The van der Waals surface area contributed by atoms with Gasteiger partial charge in [0.15, 0.2) is 9.84 Å². The lowest BCUT2D eigenvalue weighted by Crippen LogP contribution is -2.49. The molecule has 1 unspecified atom stereocenters. The molecule has 0 radical (unpaired) electrons. The second-order valence-corrected chi connectivity index (χ2v) is 10.6. The first-order chi connectivity index (χ1) is 9.28. The number of nitrogens with two attached hydrogens (primary N) is 1. The van der Waals surface area contributed by atoms with E-state index in [1.165, 1.54) is 29.2 Å². The molecule has 1 saturated heterocycles. The third-order valence-corrected chi connectivity index (χ3v) is 8.85. The van der Waals surface area contributed by atoms with Crippen LogP contribution in [-0.2, 0) is 26.4 Å². The van der Waals surface area contributed by atoms with Crippen LogP contribution in [0.2, 0.25) is 0 Å². The highest BCUT2D eigenvalue weighted by molar-refractivity contribution is 8.01. The Morgan fingerprint density at radius 3 is 2.70 bits per heavy atom. The molecule has 0 amide bonds. The van der Waals surface area contributed by atoms with Crippen molar-refractivity contribution in [3.05, 3.63) is 16.3 Å². The number of sulfonamides is 1. The molecule has 0 bridgehead atoms. The van der Waals surface area contributed by atoms with Crippen LogP contribution in [-0.4, -0.2) is 50.8 Å². The Labute approximate surface area is 127 Å². The molecule has 0 aromatic carbocycles. The highest BCUT2D eigenvalue weighted by Crippen LogP contribution is 2.30. The number of hydrogen-bond donors (Lipinski definition) is 1. The highest BCUT2D eigenvalue weighted by Gasteiger charge is 2.40. The Morgan fingerprint density at radius 2 is 2.10 bits per heavy atom. The van der Waals surface area contributed by atoms with Crippen LogP contribution < -0.4 is 5.73 Å². The van der Waals surface area contributed by atoms with E-state index in [1.54, 1.807) is 5.38 Å². The number of sulfone groups is 1. The first-order valence-corrected chi connectivity index (χ1v) is 11.3. The van der Waals surface area contributed by atoms with Crippen LogP contribution in [0.25, 0.3) is 0 Å². The fourth-order valence-electron chi connectivity index (χ4n) is 2.01. The third kappa shape index (κ3) is 3.04. The normalized spacial score (nSPS) is 22.0. The second-order valence-electron chi connectivity index (χ2n) is 4.39. The SMILES string of the molecule is CS(=O)(=O)C1CSCCN1S(=O)(=O)c1ccsc1CN. The van der Waals surface area contributed by atoms with Crippen molar-refractivity contribution in [2.24, 2.45) is 5.73 Å². The lowest BCUT2D eigenvalue weighted by molar-refractivity contribution is 0.404. The zero-order chi connectivity index (χ0) is 15.0. The van der Waals surface area contributed by atoms with Gasteiger partial charge in [0.05, 0.1) is 4.90 Å². The molecule has 1 atom stereocenters. The summed E-state index contributed by atoms with van der Waals surface area (Å²) in [4.78, 5) is 0.682. The Hall–Kier alpha value is -0.130. The average molecular weight is 357 g/mol. The van der Waals surface area contributed by atoms with Crippen LogP contribution >= 0.6 is 23.1 Å². The topological polar surface area (TPSA) is 97.5 Å². The van der Waals surface area contributed by atoms with Gasteiger partial charge in [0, 0.05) is 35.7 Å². The summed E-state index contributed by atoms with van der Waals surface area (Å²) in [5, 5.41) is 0.653. The van der Waals surface area contributed by atoms with Crippen LogP contribution in [0, 0.1) is 0 Å². The summed E-state index contributed by atoms with van der Waals surface area (Å²) in [5.74, 6) is 0.855. The molecule has 1 aromatic heterocycles. The van der Waals surface area contributed by atoms with Crippen LogP contribution in [0.5, 0.6) is 0 Å². The van der Waals surface area contributed by atoms with Crippen molar-refractivity contribution in [2.45, 2.75) is 16.8 Å². The maximum Gasteiger partial charge on any atom is 0.245 e. The quantitative estimate of drug-likeness (QED) is 0.834. The first-order valence-electron chi connectivity index (χ1n) is 5.83. The molecule has 1 fully saturated rings. The molecule has 6 nitrogen and oxygen atoms in total. The number of hydrogen-bond acceptors (Lipinski definition) is 7. The summed E-state index contributed by atoms with van der Waals surface area (Å²) in [5.41, 5.74) is 5.55. The second kappa shape index (κ2) is 5.93. The molecular weight excluding hydrogens is 340 g/mol. The Bertz CT molecular complexity index is 680. The van der Waals surface area contributed by atoms with Gasteiger partial charge in [-0.2, -0.15) is 16.1 Å². The van der Waals surface area contributed by atoms with E-state index in [2.05, 4.69) is 0 Å². The molecule has 1 aliphatic heterocycles. The minimum absolute atomic E-state index is 0.123. The van der Waals surface area contributed by atoms with Crippen molar-refractivity contribution in [1.29, 1.82) is 0 Å². The van der Waals surface area contributed by atoms with Crippen molar-refractivity contribution < 1.29 is 16.8 Å². The number of thioether (sulfide) groups is 1. The number of rotatable bonds is 4. The molecule has 0 aliphatic carbocycles. The predicted octanol–water partition coefficient (Wildman–Crippen LogP) is 0.315. The highest BCUT2D eigenvalue weighted by atomic mass is 32.2. The van der Waals surface area contributed by atoms with Crippen molar-refractivity contribution in [3.8, 4) is 0 Å². The Kier molecular flexibility index (Phi) is 4.82. The van der Waals surface area contributed by atoms with Gasteiger partial charge in [-0.1, -0.05) is 0 Å². The van der Waals surface area contributed by atoms with Crippen LogP contribution in [0.1, 0.15) is 4.88 Å². The predicted molar refractivity (Wildman–Crippen MR) is 82.1 cm³/mol. The summed E-state index contributed by atoms with van der Waals surface area (Å²) in [6, 6.07) is 1.49. The molecule has 10 heteroatoms. The van der Waals surface area contributed by atoms with E-state index in [0.717, 1.165) is 10.6 Å². The van der Waals surface area contributed by atoms with Crippen LogP contribution in [0.3, 0.4) is 0 Å². The molecular formula is C10H16N2O4S4. The number of nitrogens with zero attached hydrogens (tertiary/aromatic N) is 1. The zero-order valence-corrected chi connectivity index (χ0v) is 14.1. The standard InChI is InChI=1S/C10H16N2O4S4/c1-19(13,14)10-7-17-5-3-12(10)20(15,16)9-2-4-18-8(9)6-11/h2,4,10H,3,5-7,11H2,1H3. The first kappa shape index (κ1) is 16.2. The third-order valence-electron chi connectivity index (χ3n) is 3.01. The van der Waals surface area contributed by atoms with Gasteiger partial charge < -0.3 is 5.73 Å². The van der Waals surface area contributed by atoms with E-state index in [9.17, 15) is 16.8 Å². The average Bonchev–Trinajstić information content (AvgIpc) is 2.86. The molecule has 0 spiro atoms. The molecule has 1 aliphatic rings. The Morgan fingerprint density at radius 1 is 1.40 bits per heavy atom. The van der Waals surface area contributed by atoms with Gasteiger partial charge in [0.1, 0.15) is 5.37 Å².